The highest BCUT2D eigenvalue weighted by Crippen LogP contribution is 2.31. The number of hydrogen-bond donors (Lipinski definition) is 3. The Labute approximate surface area is 184 Å². The van der Waals surface area contributed by atoms with E-state index in [9.17, 15) is 30.2 Å². The Morgan fingerprint density at radius 2 is 1.91 bits per heavy atom. The lowest BCUT2D eigenvalue weighted by atomic mass is 10.1. The SMILES string of the molecule is O=c1c2ncn([C@@H]3O[C@H](CO)[C@@H](O)[C@H]3O)c2nc2n(CCc3ccc([N+](=O)[O-])cc3)ccn12. The summed E-state index contributed by atoms with van der Waals surface area (Å²) in [6.07, 6.45) is 0.445. The zero-order chi connectivity index (χ0) is 23.3. The molecule has 0 spiro atoms. The highest BCUT2D eigenvalue weighted by atomic mass is 16.6. The number of imidazole rings is 2. The molecular weight excluding hydrogens is 436 g/mol. The Kier molecular flexibility index (Phi) is 5.17. The summed E-state index contributed by atoms with van der Waals surface area (Å²) in [5.74, 6) is 0.336. The van der Waals surface area contributed by atoms with Crippen LogP contribution in [0.25, 0.3) is 16.9 Å². The van der Waals surface area contributed by atoms with Crippen LogP contribution in [0.4, 0.5) is 5.69 Å². The third-order valence-electron chi connectivity index (χ3n) is 5.84. The van der Waals surface area contributed by atoms with Crippen LogP contribution in [0.1, 0.15) is 11.8 Å². The molecule has 5 rings (SSSR count). The van der Waals surface area contributed by atoms with Gasteiger partial charge in [0, 0.05) is 31.1 Å². The smallest absolute Gasteiger partial charge is 0.287 e. The van der Waals surface area contributed by atoms with Crippen LogP contribution in [-0.4, -0.2) is 68.7 Å². The molecule has 1 saturated heterocycles. The second-order valence-corrected chi connectivity index (χ2v) is 7.80. The van der Waals surface area contributed by atoms with Crippen molar-refractivity contribution in [3.8, 4) is 0 Å². The minimum absolute atomic E-state index is 0.0129. The monoisotopic (exact) mass is 456 g/mol. The molecule has 3 aromatic heterocycles. The number of non-ortho nitro benzene ring substituents is 1. The van der Waals surface area contributed by atoms with Crippen molar-refractivity contribution < 1.29 is 25.0 Å². The molecule has 1 aromatic carbocycles. The van der Waals surface area contributed by atoms with E-state index in [0.29, 0.717) is 18.7 Å². The minimum atomic E-state index is -1.34. The zero-order valence-electron chi connectivity index (χ0n) is 17.1. The maximum absolute atomic E-state index is 12.9. The number of aliphatic hydroxyl groups is 3. The number of aromatic nitrogens is 5. The van der Waals surface area contributed by atoms with E-state index in [0.717, 1.165) is 5.56 Å². The van der Waals surface area contributed by atoms with Gasteiger partial charge >= 0.3 is 0 Å². The molecule has 4 heterocycles. The third kappa shape index (κ3) is 3.47. The molecule has 4 atom stereocenters. The fraction of sp³-hybridized carbons (Fsp3) is 0.350. The van der Waals surface area contributed by atoms with Crippen molar-refractivity contribution in [1.29, 1.82) is 0 Å². The lowest BCUT2D eigenvalue weighted by Gasteiger charge is -2.16. The first kappa shape index (κ1) is 21.2. The highest BCUT2D eigenvalue weighted by Gasteiger charge is 2.44. The number of aryl methyl sites for hydroxylation is 2. The van der Waals surface area contributed by atoms with E-state index in [1.165, 1.54) is 27.4 Å². The van der Waals surface area contributed by atoms with Gasteiger partial charge < -0.3 is 24.6 Å². The van der Waals surface area contributed by atoms with E-state index >= 15 is 0 Å². The first-order valence-electron chi connectivity index (χ1n) is 10.2. The fourth-order valence-corrected chi connectivity index (χ4v) is 4.02. The van der Waals surface area contributed by atoms with Gasteiger partial charge in [-0.25, -0.2) is 9.38 Å². The predicted molar refractivity (Wildman–Crippen MR) is 113 cm³/mol. The summed E-state index contributed by atoms with van der Waals surface area (Å²) >= 11 is 0. The fourth-order valence-electron chi connectivity index (χ4n) is 4.02. The quantitative estimate of drug-likeness (QED) is 0.258. The molecule has 1 aliphatic rings. The van der Waals surface area contributed by atoms with E-state index in [-0.39, 0.29) is 16.9 Å². The summed E-state index contributed by atoms with van der Waals surface area (Å²) in [6.45, 7) is -0.0264. The van der Waals surface area contributed by atoms with Crippen molar-refractivity contribution in [1.82, 2.24) is 23.5 Å². The van der Waals surface area contributed by atoms with Crippen LogP contribution in [0.5, 0.6) is 0 Å². The van der Waals surface area contributed by atoms with Gasteiger partial charge in [0.25, 0.3) is 11.2 Å². The Balaban J connectivity index is 1.49. The van der Waals surface area contributed by atoms with Crippen molar-refractivity contribution in [3.05, 3.63) is 69.0 Å². The summed E-state index contributed by atoms with van der Waals surface area (Å²) in [7, 11) is 0. The van der Waals surface area contributed by atoms with Crippen molar-refractivity contribution in [2.75, 3.05) is 6.61 Å². The summed E-state index contributed by atoms with van der Waals surface area (Å²) in [5, 5.41) is 40.6. The molecule has 0 saturated carbocycles. The van der Waals surface area contributed by atoms with Gasteiger partial charge in [0.05, 0.1) is 17.9 Å². The van der Waals surface area contributed by atoms with E-state index in [4.69, 9.17) is 4.74 Å². The molecule has 0 radical (unpaired) electrons. The summed E-state index contributed by atoms with van der Waals surface area (Å²) in [5.41, 5.74) is 0.726. The maximum Gasteiger partial charge on any atom is 0.287 e. The highest BCUT2D eigenvalue weighted by molar-refractivity contribution is 5.72. The number of hydrogen-bond acceptors (Lipinski definition) is 9. The van der Waals surface area contributed by atoms with E-state index in [1.807, 2.05) is 0 Å². The van der Waals surface area contributed by atoms with Gasteiger partial charge in [0.1, 0.15) is 18.3 Å². The van der Waals surface area contributed by atoms with Gasteiger partial charge in [-0.05, 0) is 12.0 Å². The molecule has 0 amide bonds. The molecule has 1 fully saturated rings. The second-order valence-electron chi connectivity index (χ2n) is 7.80. The first-order valence-corrected chi connectivity index (χ1v) is 10.2. The third-order valence-corrected chi connectivity index (χ3v) is 5.84. The largest absolute Gasteiger partial charge is 0.394 e. The Morgan fingerprint density at radius 1 is 1.15 bits per heavy atom. The average Bonchev–Trinajstić information content (AvgIpc) is 3.50. The normalized spacial score (nSPS) is 23.0. The van der Waals surface area contributed by atoms with Crippen LogP contribution in [0.3, 0.4) is 0 Å². The van der Waals surface area contributed by atoms with Gasteiger partial charge in [0.2, 0.25) is 5.78 Å². The zero-order valence-corrected chi connectivity index (χ0v) is 17.1. The van der Waals surface area contributed by atoms with Crippen molar-refractivity contribution in [2.24, 2.45) is 0 Å². The van der Waals surface area contributed by atoms with Crippen molar-refractivity contribution >= 4 is 22.6 Å². The molecule has 3 N–H and O–H groups in total. The number of benzene rings is 1. The number of nitro benzene ring substituents is 1. The van der Waals surface area contributed by atoms with Crippen LogP contribution in [0.2, 0.25) is 0 Å². The molecule has 172 valence electrons. The molecule has 0 aliphatic carbocycles. The molecule has 4 aromatic rings. The van der Waals surface area contributed by atoms with Crippen LogP contribution >= 0.6 is 0 Å². The standard InChI is InChI=1S/C20H20N6O7/c27-9-13-15(28)16(29)19(33-13)25-10-21-14-17(25)22-20-23(7-8-24(20)18(14)30)6-5-11-1-3-12(4-2-11)26(31)32/h1-4,7-8,10,13,15-16,19,27-29H,5-6,9H2/t13-,15-,16-,19-/m1/s1. The molecule has 33 heavy (non-hydrogen) atoms. The summed E-state index contributed by atoms with van der Waals surface area (Å²) < 4.78 is 10.0. The van der Waals surface area contributed by atoms with Crippen LogP contribution in [0, 0.1) is 10.1 Å². The van der Waals surface area contributed by atoms with Crippen molar-refractivity contribution in [2.45, 2.75) is 37.5 Å². The summed E-state index contributed by atoms with van der Waals surface area (Å²) in [6, 6.07) is 6.24. The number of aliphatic hydroxyl groups excluding tert-OH is 3. The molecule has 13 heteroatoms. The van der Waals surface area contributed by atoms with Crippen LogP contribution in [-0.2, 0) is 17.7 Å². The van der Waals surface area contributed by atoms with Gasteiger partial charge in [-0.1, -0.05) is 12.1 Å². The van der Waals surface area contributed by atoms with Crippen LogP contribution < -0.4 is 5.56 Å². The number of fused-ring (bicyclic) bond motifs is 2. The lowest BCUT2D eigenvalue weighted by Crippen LogP contribution is -2.33. The molecular formula is C20H20N6O7. The first-order chi connectivity index (χ1) is 15.9. The molecule has 1 aliphatic heterocycles. The number of nitrogens with zero attached hydrogens (tertiary/aromatic N) is 6. The molecule has 0 unspecified atom stereocenters. The maximum atomic E-state index is 12.9. The van der Waals surface area contributed by atoms with Gasteiger partial charge in [-0.2, -0.15) is 4.98 Å². The van der Waals surface area contributed by atoms with E-state index < -0.39 is 41.6 Å². The van der Waals surface area contributed by atoms with Crippen LogP contribution in [0.15, 0.2) is 47.8 Å². The number of rotatable bonds is 6. The number of nitro groups is 1. The van der Waals surface area contributed by atoms with Crippen molar-refractivity contribution in [3.63, 3.8) is 0 Å². The molecule has 0 bridgehead atoms. The Hall–Kier alpha value is -3.65. The van der Waals surface area contributed by atoms with Gasteiger partial charge in [0.15, 0.2) is 17.4 Å². The summed E-state index contributed by atoms with van der Waals surface area (Å²) in [4.78, 5) is 32.0. The Morgan fingerprint density at radius 3 is 2.58 bits per heavy atom. The lowest BCUT2D eigenvalue weighted by molar-refractivity contribution is -0.384. The number of ether oxygens (including phenoxy) is 1. The topological polar surface area (TPSA) is 170 Å². The second kappa shape index (κ2) is 8.04. The Bertz CT molecular complexity index is 1390. The van der Waals surface area contributed by atoms with Gasteiger partial charge in [-0.15, -0.1) is 0 Å². The predicted octanol–water partition coefficient (Wildman–Crippen LogP) is -0.392. The van der Waals surface area contributed by atoms with Gasteiger partial charge in [-0.3, -0.25) is 19.5 Å². The average molecular weight is 456 g/mol. The van der Waals surface area contributed by atoms with E-state index in [1.54, 1.807) is 29.1 Å². The molecule has 13 nitrogen and oxygen atoms in total. The van der Waals surface area contributed by atoms with E-state index in [2.05, 4.69) is 9.97 Å². The minimum Gasteiger partial charge on any atom is -0.394 e.